The minimum absolute atomic E-state index is 0.0280. The van der Waals surface area contributed by atoms with Crippen LogP contribution in [0, 0.1) is 0 Å². The minimum atomic E-state index is -0.108. The molecule has 4 heterocycles. The Morgan fingerprint density at radius 1 is 0.179 bits per heavy atom. The number of benzene rings is 17. The molecular weight excluding hydrogens is 1750 g/mol. The number of ether oxygens (including phenoxy) is 4. The molecule has 140 heavy (non-hydrogen) atoms. The van der Waals surface area contributed by atoms with E-state index in [-0.39, 0.29) is 94.5 Å². The van der Waals surface area contributed by atoms with Gasteiger partial charge in [0.2, 0.25) is 0 Å². The van der Waals surface area contributed by atoms with Crippen LogP contribution in [0.1, 0.15) is 103 Å². The van der Waals surface area contributed by atoms with Gasteiger partial charge < -0.3 is 59.8 Å². The monoisotopic (exact) mass is 1850 g/mol. The van der Waals surface area contributed by atoms with Crippen molar-refractivity contribution in [1.82, 2.24) is 59.8 Å². The predicted molar refractivity (Wildman–Crippen MR) is 545 cm³/mol. The Labute approximate surface area is 803 Å². The Bertz CT molecular complexity index is 8290. The molecule has 0 aliphatic heterocycles. The highest BCUT2D eigenvalue weighted by Gasteiger charge is 2.29. The van der Waals surface area contributed by atoms with E-state index in [1.54, 1.807) is 24.3 Å². The summed E-state index contributed by atoms with van der Waals surface area (Å²) in [6.45, 7) is 0. The largest absolute Gasteiger partial charge is 0.508 e. The van der Waals surface area contributed by atoms with Crippen molar-refractivity contribution in [1.29, 1.82) is 0 Å². The molecule has 4 aliphatic carbocycles. The molecule has 0 unspecified atom stereocenters. The van der Waals surface area contributed by atoms with Crippen LogP contribution in [0.4, 0.5) is 0 Å². The van der Waals surface area contributed by atoms with E-state index in [0.29, 0.717) is 68.8 Å². The maximum absolute atomic E-state index is 10.6. The zero-order chi connectivity index (χ0) is 94.9. The number of aromatic hydroxyl groups is 8. The normalized spacial score (nSPS) is 14.1. The van der Waals surface area contributed by atoms with Gasteiger partial charge in [0.05, 0.1) is 22.3 Å². The van der Waals surface area contributed by atoms with Crippen molar-refractivity contribution in [2.75, 3.05) is 0 Å². The number of fused-ring (bicyclic) bond motifs is 12. The predicted octanol–water partition coefficient (Wildman–Crippen LogP) is 26.1. The van der Waals surface area contributed by atoms with Gasteiger partial charge in [-0.05, 0) is 285 Å². The highest BCUT2D eigenvalue weighted by Crippen LogP contribution is 2.45. The molecule has 4 aromatic heterocycles. The second kappa shape index (κ2) is 38.5. The highest BCUT2D eigenvalue weighted by molar-refractivity contribution is 6.21. The summed E-state index contributed by atoms with van der Waals surface area (Å²) in [5.41, 5.74) is 5.08. The van der Waals surface area contributed by atoms with Crippen LogP contribution in [-0.2, 0) is 0 Å². The van der Waals surface area contributed by atoms with Gasteiger partial charge >= 0.3 is 24.0 Å². The Morgan fingerprint density at radius 2 is 0.450 bits per heavy atom. The van der Waals surface area contributed by atoms with Crippen molar-refractivity contribution in [2.45, 2.75) is 127 Å². The summed E-state index contributed by atoms with van der Waals surface area (Å²) in [6, 6.07) is 97.4. The molecule has 4 saturated carbocycles. The number of hydrogen-bond acceptors (Lipinski definition) is 24. The van der Waals surface area contributed by atoms with Crippen molar-refractivity contribution in [2.24, 2.45) is 0 Å². The molecule has 0 saturated heterocycles. The lowest BCUT2D eigenvalue weighted by Gasteiger charge is -2.15. The lowest BCUT2D eigenvalue weighted by molar-refractivity contribution is 0.192. The summed E-state index contributed by atoms with van der Waals surface area (Å²) in [5.74, 6) is 2.56. The van der Waals surface area contributed by atoms with Gasteiger partial charge in [0, 0.05) is 46.5 Å². The van der Waals surface area contributed by atoms with Crippen LogP contribution in [0.2, 0.25) is 0 Å². The Hall–Kier alpha value is -17.3. The van der Waals surface area contributed by atoms with Crippen molar-refractivity contribution in [3.8, 4) is 161 Å². The van der Waals surface area contributed by atoms with Gasteiger partial charge in [0.25, 0.3) is 0 Å². The average Bonchev–Trinajstić information content (AvgIpc) is 1.00. The summed E-state index contributed by atoms with van der Waals surface area (Å²) in [6.07, 6.45) is 17.1. The fourth-order valence-electron chi connectivity index (χ4n) is 19.7. The zero-order valence-corrected chi connectivity index (χ0v) is 76.1. The summed E-state index contributed by atoms with van der Waals surface area (Å²) in [5, 5.41) is 101. The Balaban J connectivity index is 0.000000107. The first-order valence-corrected chi connectivity index (χ1v) is 47.5. The molecule has 17 aromatic carbocycles. The molecule has 4 aliphatic rings. The van der Waals surface area contributed by atoms with Gasteiger partial charge in [-0.2, -0.15) is 39.9 Å². The standard InChI is InChI=1S/C32H25N3O3.3C28H23N3O3/c36-20-14-16-26(29(37)17-20)30-33-31(35-32(34-30)38-21-8-2-3-9-21)28-18-27-22-10-4-1-7-19(22)13-15-25(27)23-11-5-6-12-24(23)28;32-19-13-14-23(24(33)16-19)26-29-27(31-28(30-26)34-20-9-3-4-10-20)25-21-11-5-1-7-17(21)15-18-8-2-6-12-22(18)25;32-18-13-14-23(25(33)16-18)26-29-27(31-28(30-26)34-19-8-2-3-9-19)24-15-17-7-1-4-10-20(17)21-11-5-6-12-22(21)24;32-22-11-12-24(25(33)16-22)27-29-26(30-28(31-27)34-23-7-3-4-8-23)20-10-9-19-13-17-5-1-2-6-18(17)14-21(19)15-20/h1,4-7,10-18,21,36-37H,2-3,8-9H2;1-2,5-8,11-16,20,32-33H,3-4,9-10H2;1,4-7,10-16,19,32-33H,2-3,8-9H2;1-2,5-6,9-16,23,32-33H,3-4,7-8H2. The van der Waals surface area contributed by atoms with E-state index in [0.717, 1.165) is 211 Å². The van der Waals surface area contributed by atoms with Crippen LogP contribution in [0.3, 0.4) is 0 Å². The third kappa shape index (κ3) is 18.5. The molecule has 21 aromatic rings. The van der Waals surface area contributed by atoms with Crippen LogP contribution in [-0.4, -0.2) is 125 Å². The first-order valence-electron chi connectivity index (χ1n) is 47.5. The highest BCUT2D eigenvalue weighted by atomic mass is 16.5. The number of phenols is 8. The second-order valence-electron chi connectivity index (χ2n) is 36.0. The van der Waals surface area contributed by atoms with Crippen molar-refractivity contribution >= 4 is 97.0 Å². The molecule has 4 fully saturated rings. The van der Waals surface area contributed by atoms with Gasteiger partial charge in [-0.15, -0.1) is 0 Å². The smallest absolute Gasteiger partial charge is 0.320 e. The fourth-order valence-corrected chi connectivity index (χ4v) is 19.7. The van der Waals surface area contributed by atoms with Crippen LogP contribution < -0.4 is 18.9 Å². The van der Waals surface area contributed by atoms with E-state index in [1.165, 1.54) is 59.3 Å². The molecule has 690 valence electrons. The van der Waals surface area contributed by atoms with E-state index in [9.17, 15) is 40.9 Å². The van der Waals surface area contributed by atoms with Gasteiger partial charge in [0.1, 0.15) is 70.4 Å². The van der Waals surface area contributed by atoms with Gasteiger partial charge in [-0.25, -0.2) is 19.9 Å². The molecule has 0 amide bonds. The lowest BCUT2D eigenvalue weighted by atomic mass is 9.93. The van der Waals surface area contributed by atoms with Crippen LogP contribution in [0.5, 0.6) is 70.0 Å². The maximum Gasteiger partial charge on any atom is 0.320 e. The molecule has 0 bridgehead atoms. The van der Waals surface area contributed by atoms with Crippen molar-refractivity contribution in [3.63, 3.8) is 0 Å². The number of aromatic nitrogens is 12. The Kier molecular flexibility index (Phi) is 24.2. The van der Waals surface area contributed by atoms with Crippen molar-refractivity contribution in [3.05, 3.63) is 303 Å². The summed E-state index contributed by atoms with van der Waals surface area (Å²) >= 11 is 0. The van der Waals surface area contributed by atoms with E-state index >= 15 is 0 Å². The topological polar surface area (TPSA) is 353 Å². The average molecular weight is 1850 g/mol. The molecule has 24 heteroatoms. The second-order valence-corrected chi connectivity index (χ2v) is 36.0. The summed E-state index contributed by atoms with van der Waals surface area (Å²) in [4.78, 5) is 56.2. The number of phenolic OH excluding ortho intramolecular Hbond substituents is 8. The minimum Gasteiger partial charge on any atom is -0.508 e. The third-order valence-corrected chi connectivity index (χ3v) is 26.6. The third-order valence-electron chi connectivity index (χ3n) is 26.6. The van der Waals surface area contributed by atoms with Crippen LogP contribution >= 0.6 is 0 Å². The molecule has 0 spiro atoms. The first-order chi connectivity index (χ1) is 68.6. The first kappa shape index (κ1) is 88.0. The van der Waals surface area contributed by atoms with Gasteiger partial charge in [0.15, 0.2) is 46.6 Å². The molecule has 24 nitrogen and oxygen atoms in total. The molecule has 0 atom stereocenters. The maximum atomic E-state index is 10.6. The van der Waals surface area contributed by atoms with Gasteiger partial charge in [-0.1, -0.05) is 194 Å². The Morgan fingerprint density at radius 3 is 0.857 bits per heavy atom. The molecule has 0 radical (unpaired) electrons. The molecule has 8 N–H and O–H groups in total. The van der Waals surface area contributed by atoms with E-state index in [2.05, 4.69) is 175 Å². The summed E-state index contributed by atoms with van der Waals surface area (Å²) in [7, 11) is 0. The van der Waals surface area contributed by atoms with E-state index < -0.39 is 0 Å². The van der Waals surface area contributed by atoms with Gasteiger partial charge in [-0.3, -0.25) is 0 Å². The van der Waals surface area contributed by atoms with E-state index in [1.807, 2.05) is 84.9 Å². The molecular formula is C116H94N12O12. The summed E-state index contributed by atoms with van der Waals surface area (Å²) < 4.78 is 24.7. The number of hydrogen-bond donors (Lipinski definition) is 8. The SMILES string of the molecule is Oc1ccc(-c2nc(OC3CCCC3)nc(-c3c4ccccc4cc4ccccc34)n2)c(O)c1.Oc1ccc(-c2nc(OC3CCCC3)nc(-c3cc4c5ccccc5ccc4c4ccccc34)n2)c(O)c1.Oc1ccc(-c2nc(OC3CCCC3)nc(-c3cc4ccccc4c4ccccc34)n2)c(O)c1.Oc1ccc(-c2nc(OC3CCCC3)nc(-c3ccc4cc5ccccc5cc4c3)n2)c(O)c1. The quantitative estimate of drug-likeness (QED) is 0.0329. The molecule has 25 rings (SSSR count). The van der Waals surface area contributed by atoms with E-state index in [4.69, 9.17) is 48.9 Å². The number of rotatable bonds is 16. The van der Waals surface area contributed by atoms with Crippen LogP contribution in [0.25, 0.3) is 188 Å². The van der Waals surface area contributed by atoms with Crippen LogP contribution in [0.15, 0.2) is 303 Å². The zero-order valence-electron chi connectivity index (χ0n) is 76.1. The lowest BCUT2D eigenvalue weighted by Crippen LogP contribution is -2.14. The number of nitrogens with zero attached hydrogens (tertiary/aromatic N) is 12. The fraction of sp³-hybridized carbons (Fsp3) is 0.172. The van der Waals surface area contributed by atoms with Crippen molar-refractivity contribution < 1.29 is 59.8 Å².